The monoisotopic (exact) mass is 427 g/mol. The fourth-order valence-corrected chi connectivity index (χ4v) is 3.88. The minimum atomic E-state index is -0.249. The largest absolute Gasteiger partial charge is 0.354 e. The predicted octanol–water partition coefficient (Wildman–Crippen LogP) is 5.01. The Balaban J connectivity index is 1.53. The summed E-state index contributed by atoms with van der Waals surface area (Å²) in [7, 11) is 1.68. The van der Waals surface area contributed by atoms with Crippen LogP contribution in [0.5, 0.6) is 0 Å². The molecule has 3 aromatic rings. The average Bonchev–Trinajstić information content (AvgIpc) is 2.72. The van der Waals surface area contributed by atoms with Crippen LogP contribution in [0.15, 0.2) is 54.7 Å². The maximum absolute atomic E-state index is 13.0. The number of hydrogen-bond acceptors (Lipinski definition) is 4. The quantitative estimate of drug-likeness (QED) is 0.621. The van der Waals surface area contributed by atoms with Crippen LogP contribution in [0.1, 0.15) is 11.1 Å². The number of para-hydroxylation sites is 1. The number of fused-ring (bicyclic) bond motifs is 1. The van der Waals surface area contributed by atoms with Gasteiger partial charge in [-0.15, -0.1) is 0 Å². The van der Waals surface area contributed by atoms with E-state index in [0.717, 1.165) is 12.0 Å². The number of carbonyl (C=O) groups excluding carboxylic acids is 1. The van der Waals surface area contributed by atoms with E-state index in [1.54, 1.807) is 36.3 Å². The Morgan fingerprint density at radius 1 is 1.07 bits per heavy atom. The molecule has 0 saturated heterocycles. The number of nitrogens with one attached hydrogen (secondary N) is 1. The highest BCUT2D eigenvalue weighted by Crippen LogP contribution is 2.38. The number of amides is 2. The number of anilines is 3. The number of nitrogens with zero attached hydrogens (tertiary/aromatic N) is 4. The number of hydrogen-bond donors (Lipinski definition) is 1. The fourth-order valence-electron chi connectivity index (χ4n) is 3.28. The molecule has 0 fully saturated rings. The number of aromatic nitrogens is 2. The zero-order chi connectivity index (χ0) is 20.4. The normalized spacial score (nSPS) is 13.4. The summed E-state index contributed by atoms with van der Waals surface area (Å²) >= 11 is 12.6. The Morgan fingerprint density at radius 2 is 1.79 bits per heavy atom. The van der Waals surface area contributed by atoms with Crippen molar-refractivity contribution < 1.29 is 4.79 Å². The van der Waals surface area contributed by atoms with E-state index in [1.165, 1.54) is 10.5 Å². The summed E-state index contributed by atoms with van der Waals surface area (Å²) in [5.74, 6) is 1.06. The van der Waals surface area contributed by atoms with Crippen molar-refractivity contribution in [3.8, 4) is 0 Å². The van der Waals surface area contributed by atoms with Crippen LogP contribution in [-0.4, -0.2) is 29.6 Å². The van der Waals surface area contributed by atoms with Gasteiger partial charge in [0.1, 0.15) is 5.82 Å². The Labute approximate surface area is 179 Å². The standard InChI is InChI=1S/C21H19Cl2N5O/c1-27-19-15(13-28(21(27)29)18-16(22)8-5-9-17(18)23)12-25-20(26-19)24-11-10-14-6-3-2-4-7-14/h2-9,12H,10-11,13H2,1H3,(H,24,25,26). The summed E-state index contributed by atoms with van der Waals surface area (Å²) in [5.41, 5.74) is 2.54. The highest BCUT2D eigenvalue weighted by Gasteiger charge is 2.32. The summed E-state index contributed by atoms with van der Waals surface area (Å²) < 4.78 is 0. The molecule has 1 aliphatic heterocycles. The molecule has 8 heteroatoms. The van der Waals surface area contributed by atoms with Gasteiger partial charge in [-0.25, -0.2) is 9.78 Å². The molecule has 0 unspecified atom stereocenters. The zero-order valence-corrected chi connectivity index (χ0v) is 17.3. The van der Waals surface area contributed by atoms with E-state index in [4.69, 9.17) is 23.2 Å². The van der Waals surface area contributed by atoms with E-state index in [-0.39, 0.29) is 6.03 Å². The maximum Gasteiger partial charge on any atom is 0.330 e. The molecule has 0 radical (unpaired) electrons. The van der Waals surface area contributed by atoms with Crippen LogP contribution in [0.2, 0.25) is 10.0 Å². The Hall–Kier alpha value is -2.83. The van der Waals surface area contributed by atoms with Gasteiger partial charge in [0.05, 0.1) is 22.3 Å². The van der Waals surface area contributed by atoms with Gasteiger partial charge < -0.3 is 5.32 Å². The summed E-state index contributed by atoms with van der Waals surface area (Å²) in [5, 5.41) is 4.06. The lowest BCUT2D eigenvalue weighted by molar-refractivity contribution is 0.251. The number of carbonyl (C=O) groups is 1. The average molecular weight is 428 g/mol. The van der Waals surface area contributed by atoms with Crippen molar-refractivity contribution in [1.82, 2.24) is 9.97 Å². The molecule has 0 aliphatic carbocycles. The van der Waals surface area contributed by atoms with E-state index in [2.05, 4.69) is 27.4 Å². The fraction of sp³-hybridized carbons (Fsp3) is 0.190. The van der Waals surface area contributed by atoms with Crippen molar-refractivity contribution in [2.45, 2.75) is 13.0 Å². The second kappa shape index (κ2) is 8.27. The highest BCUT2D eigenvalue weighted by molar-refractivity contribution is 6.40. The molecule has 4 rings (SSSR count). The van der Waals surface area contributed by atoms with E-state index < -0.39 is 0 Å². The second-order valence-corrected chi connectivity index (χ2v) is 7.52. The van der Waals surface area contributed by atoms with Crippen LogP contribution >= 0.6 is 23.2 Å². The third kappa shape index (κ3) is 3.99. The Kier molecular flexibility index (Phi) is 5.56. The first-order chi connectivity index (χ1) is 14.0. The van der Waals surface area contributed by atoms with Crippen molar-refractivity contribution in [3.63, 3.8) is 0 Å². The van der Waals surface area contributed by atoms with Gasteiger partial charge in [-0.1, -0.05) is 59.6 Å². The van der Waals surface area contributed by atoms with Crippen molar-refractivity contribution in [2.75, 3.05) is 28.7 Å². The topological polar surface area (TPSA) is 61.4 Å². The summed E-state index contributed by atoms with van der Waals surface area (Å²) in [6.07, 6.45) is 2.59. The van der Waals surface area contributed by atoms with Gasteiger partial charge in [0, 0.05) is 25.4 Å². The molecule has 2 amide bonds. The predicted molar refractivity (Wildman–Crippen MR) is 117 cm³/mol. The molecule has 1 aromatic heterocycles. The van der Waals surface area contributed by atoms with Gasteiger partial charge in [0.2, 0.25) is 5.95 Å². The molecular weight excluding hydrogens is 409 g/mol. The van der Waals surface area contributed by atoms with Crippen LogP contribution in [0.3, 0.4) is 0 Å². The molecular formula is C21H19Cl2N5O. The first-order valence-electron chi connectivity index (χ1n) is 9.17. The van der Waals surface area contributed by atoms with Crippen LogP contribution in [-0.2, 0) is 13.0 Å². The number of halogens is 2. The number of benzene rings is 2. The van der Waals surface area contributed by atoms with E-state index >= 15 is 0 Å². The SMILES string of the molecule is CN1C(=O)N(c2c(Cl)cccc2Cl)Cc2cnc(NCCc3ccccc3)nc21. The molecule has 1 N–H and O–H groups in total. The first-order valence-corrected chi connectivity index (χ1v) is 9.93. The lowest BCUT2D eigenvalue weighted by Crippen LogP contribution is -2.46. The maximum atomic E-state index is 13.0. The van der Waals surface area contributed by atoms with E-state index in [9.17, 15) is 4.79 Å². The van der Waals surface area contributed by atoms with Crippen LogP contribution < -0.4 is 15.1 Å². The minimum absolute atomic E-state index is 0.249. The Morgan fingerprint density at radius 3 is 2.52 bits per heavy atom. The van der Waals surface area contributed by atoms with Gasteiger partial charge in [-0.2, -0.15) is 4.98 Å². The molecule has 29 heavy (non-hydrogen) atoms. The highest BCUT2D eigenvalue weighted by atomic mass is 35.5. The van der Waals surface area contributed by atoms with Crippen molar-refractivity contribution in [1.29, 1.82) is 0 Å². The van der Waals surface area contributed by atoms with Gasteiger partial charge in [0.25, 0.3) is 0 Å². The molecule has 0 atom stereocenters. The smallest absolute Gasteiger partial charge is 0.330 e. The van der Waals surface area contributed by atoms with Crippen molar-refractivity contribution >= 4 is 46.7 Å². The summed E-state index contributed by atoms with van der Waals surface area (Å²) in [6.45, 7) is 0.994. The first kappa shape index (κ1) is 19.5. The van der Waals surface area contributed by atoms with Crippen molar-refractivity contribution in [3.05, 3.63) is 75.9 Å². The summed E-state index contributed by atoms with van der Waals surface area (Å²) in [4.78, 5) is 24.9. The lowest BCUT2D eigenvalue weighted by atomic mass is 10.1. The number of rotatable bonds is 5. The van der Waals surface area contributed by atoms with Gasteiger partial charge in [-0.3, -0.25) is 9.80 Å². The Bertz CT molecular complexity index is 1020. The number of urea groups is 1. The van der Waals surface area contributed by atoms with Crippen LogP contribution in [0, 0.1) is 0 Å². The summed E-state index contributed by atoms with van der Waals surface area (Å²) in [6, 6.07) is 15.1. The van der Waals surface area contributed by atoms with Crippen molar-refractivity contribution in [2.24, 2.45) is 0 Å². The minimum Gasteiger partial charge on any atom is -0.354 e. The molecule has 0 bridgehead atoms. The molecule has 2 aromatic carbocycles. The molecule has 148 valence electrons. The van der Waals surface area contributed by atoms with E-state index in [0.29, 0.717) is 40.6 Å². The zero-order valence-electron chi connectivity index (χ0n) is 15.8. The van der Waals surface area contributed by atoms with Crippen LogP contribution in [0.4, 0.5) is 22.2 Å². The molecule has 0 spiro atoms. The second-order valence-electron chi connectivity index (χ2n) is 6.70. The van der Waals surface area contributed by atoms with Gasteiger partial charge >= 0.3 is 6.03 Å². The van der Waals surface area contributed by atoms with Gasteiger partial charge in [-0.05, 0) is 24.1 Å². The third-order valence-corrected chi connectivity index (χ3v) is 5.36. The third-order valence-electron chi connectivity index (χ3n) is 4.75. The van der Waals surface area contributed by atoms with Crippen LogP contribution in [0.25, 0.3) is 0 Å². The lowest BCUT2D eigenvalue weighted by Gasteiger charge is -2.34. The molecule has 0 saturated carbocycles. The van der Waals surface area contributed by atoms with Gasteiger partial charge in [0.15, 0.2) is 0 Å². The molecule has 6 nitrogen and oxygen atoms in total. The van der Waals surface area contributed by atoms with E-state index in [1.807, 2.05) is 18.2 Å². The molecule has 1 aliphatic rings. The molecule has 2 heterocycles.